The summed E-state index contributed by atoms with van der Waals surface area (Å²) in [6.45, 7) is 1.80. The number of para-hydroxylation sites is 1. The first-order valence-corrected chi connectivity index (χ1v) is 7.37. The van der Waals surface area contributed by atoms with Gasteiger partial charge in [0.25, 0.3) is 0 Å². The van der Waals surface area contributed by atoms with Crippen LogP contribution in [0.2, 0.25) is 0 Å². The van der Waals surface area contributed by atoms with Crippen LogP contribution < -0.4 is 15.8 Å². The molecule has 0 unspecified atom stereocenters. The van der Waals surface area contributed by atoms with E-state index in [9.17, 15) is 4.79 Å². The third-order valence-electron chi connectivity index (χ3n) is 3.95. The van der Waals surface area contributed by atoms with E-state index in [2.05, 4.69) is 10.4 Å². The van der Waals surface area contributed by atoms with E-state index in [0.717, 1.165) is 42.2 Å². The molecule has 6 heteroatoms. The number of methoxy groups -OCH3 is 1. The van der Waals surface area contributed by atoms with E-state index >= 15 is 0 Å². The first-order chi connectivity index (χ1) is 10.7. The van der Waals surface area contributed by atoms with Crippen LogP contribution in [0, 0.1) is 0 Å². The summed E-state index contributed by atoms with van der Waals surface area (Å²) >= 11 is 0. The summed E-state index contributed by atoms with van der Waals surface area (Å²) in [6.07, 6.45) is 1.54. The number of benzene rings is 1. The van der Waals surface area contributed by atoms with Crippen LogP contribution in [0.1, 0.15) is 22.5 Å². The number of nitrogens with zero attached hydrogens (tertiary/aromatic N) is 2. The van der Waals surface area contributed by atoms with Gasteiger partial charge in [0.1, 0.15) is 12.3 Å². The van der Waals surface area contributed by atoms with Gasteiger partial charge in [0, 0.05) is 42.8 Å². The fourth-order valence-corrected chi connectivity index (χ4v) is 2.94. The second-order valence-electron chi connectivity index (χ2n) is 5.41. The quantitative estimate of drug-likeness (QED) is 0.848. The van der Waals surface area contributed by atoms with Crippen molar-refractivity contribution in [2.45, 2.75) is 25.9 Å². The van der Waals surface area contributed by atoms with Crippen molar-refractivity contribution in [2.24, 2.45) is 5.73 Å². The maximum absolute atomic E-state index is 11.2. The molecule has 1 aromatic carbocycles. The van der Waals surface area contributed by atoms with Crippen molar-refractivity contribution in [3.63, 3.8) is 0 Å². The normalized spacial score (nSPS) is 13.7. The first kappa shape index (κ1) is 14.6. The van der Waals surface area contributed by atoms with E-state index in [4.69, 9.17) is 10.5 Å². The van der Waals surface area contributed by atoms with Gasteiger partial charge in [-0.2, -0.15) is 5.10 Å². The zero-order valence-electron chi connectivity index (χ0n) is 12.6. The van der Waals surface area contributed by atoms with Crippen LogP contribution in [0.5, 0.6) is 5.75 Å². The predicted molar refractivity (Wildman–Crippen MR) is 82.6 cm³/mol. The Morgan fingerprint density at radius 1 is 1.45 bits per heavy atom. The highest BCUT2D eigenvalue weighted by Gasteiger charge is 2.21. The molecule has 0 spiro atoms. The molecule has 3 N–H and O–H groups in total. The van der Waals surface area contributed by atoms with Crippen LogP contribution >= 0.6 is 0 Å². The van der Waals surface area contributed by atoms with Crippen molar-refractivity contribution in [3.8, 4) is 5.75 Å². The number of amides is 1. The van der Waals surface area contributed by atoms with E-state index in [1.807, 2.05) is 24.3 Å². The van der Waals surface area contributed by atoms with Crippen LogP contribution in [-0.4, -0.2) is 29.3 Å². The highest BCUT2D eigenvalue weighted by molar-refractivity contribution is 5.73. The molecule has 0 saturated carbocycles. The molecule has 0 bridgehead atoms. The summed E-state index contributed by atoms with van der Waals surface area (Å²) in [7, 11) is 1.67. The van der Waals surface area contributed by atoms with Gasteiger partial charge in [-0.1, -0.05) is 18.2 Å². The summed E-state index contributed by atoms with van der Waals surface area (Å²) in [5.74, 6) is 0.483. The summed E-state index contributed by atoms with van der Waals surface area (Å²) in [5, 5.41) is 7.98. The van der Waals surface area contributed by atoms with Crippen molar-refractivity contribution in [1.82, 2.24) is 15.1 Å². The number of nitrogens with one attached hydrogen (secondary N) is 1. The molecule has 116 valence electrons. The fourth-order valence-electron chi connectivity index (χ4n) is 2.94. The van der Waals surface area contributed by atoms with Gasteiger partial charge in [-0.3, -0.25) is 9.48 Å². The minimum Gasteiger partial charge on any atom is -0.496 e. The number of carbonyl (C=O) groups is 1. The highest BCUT2D eigenvalue weighted by Crippen LogP contribution is 2.25. The Hall–Kier alpha value is -2.34. The van der Waals surface area contributed by atoms with Crippen molar-refractivity contribution in [1.29, 1.82) is 0 Å². The third-order valence-corrected chi connectivity index (χ3v) is 3.95. The SMILES string of the molecule is COc1ccccc1Cc1nn(CC(N)=O)c2c1CNCC2. The molecule has 0 atom stereocenters. The molecule has 0 saturated heterocycles. The van der Waals surface area contributed by atoms with E-state index in [-0.39, 0.29) is 12.5 Å². The van der Waals surface area contributed by atoms with Crippen LogP contribution in [-0.2, 0) is 30.7 Å². The van der Waals surface area contributed by atoms with Gasteiger partial charge in [0.15, 0.2) is 0 Å². The second-order valence-corrected chi connectivity index (χ2v) is 5.41. The lowest BCUT2D eigenvalue weighted by Gasteiger charge is -2.15. The average molecular weight is 300 g/mol. The largest absolute Gasteiger partial charge is 0.496 e. The predicted octanol–water partition coefficient (Wildman–Crippen LogP) is 0.613. The van der Waals surface area contributed by atoms with Gasteiger partial charge < -0.3 is 15.8 Å². The lowest BCUT2D eigenvalue weighted by atomic mass is 10.0. The number of rotatable bonds is 5. The molecule has 6 nitrogen and oxygen atoms in total. The molecule has 0 fully saturated rings. The fraction of sp³-hybridized carbons (Fsp3) is 0.375. The molecule has 2 heterocycles. The molecule has 3 rings (SSSR count). The number of nitrogens with two attached hydrogens (primary N) is 1. The van der Waals surface area contributed by atoms with Gasteiger partial charge in [-0.25, -0.2) is 0 Å². The van der Waals surface area contributed by atoms with Gasteiger partial charge >= 0.3 is 0 Å². The first-order valence-electron chi connectivity index (χ1n) is 7.37. The highest BCUT2D eigenvalue weighted by atomic mass is 16.5. The Morgan fingerprint density at radius 3 is 3.05 bits per heavy atom. The van der Waals surface area contributed by atoms with Gasteiger partial charge in [-0.05, 0) is 6.07 Å². The number of fused-ring (bicyclic) bond motifs is 1. The molecular weight excluding hydrogens is 280 g/mol. The molecule has 1 aliphatic heterocycles. The monoisotopic (exact) mass is 300 g/mol. The van der Waals surface area contributed by atoms with Crippen molar-refractivity contribution in [2.75, 3.05) is 13.7 Å². The molecule has 22 heavy (non-hydrogen) atoms. The molecular formula is C16H20N4O2. The smallest absolute Gasteiger partial charge is 0.239 e. The minimum absolute atomic E-state index is 0.133. The van der Waals surface area contributed by atoms with Gasteiger partial charge in [0.2, 0.25) is 5.91 Å². The molecule has 1 aliphatic rings. The number of hydrogen-bond acceptors (Lipinski definition) is 4. The molecule has 2 aromatic rings. The van der Waals surface area contributed by atoms with E-state index in [1.54, 1.807) is 11.8 Å². The molecule has 0 aliphatic carbocycles. The molecule has 0 radical (unpaired) electrons. The lowest BCUT2D eigenvalue weighted by molar-refractivity contribution is -0.118. The van der Waals surface area contributed by atoms with Crippen LogP contribution in [0.15, 0.2) is 24.3 Å². The van der Waals surface area contributed by atoms with E-state index in [1.165, 1.54) is 5.56 Å². The maximum atomic E-state index is 11.2. The Balaban J connectivity index is 1.96. The zero-order chi connectivity index (χ0) is 15.5. The third kappa shape index (κ3) is 2.82. The Kier molecular flexibility index (Phi) is 4.11. The molecule has 1 aromatic heterocycles. The molecule has 1 amide bonds. The number of aromatic nitrogens is 2. The summed E-state index contributed by atoms with van der Waals surface area (Å²) in [5.41, 5.74) is 9.69. The number of primary amides is 1. The summed E-state index contributed by atoms with van der Waals surface area (Å²) in [4.78, 5) is 11.2. The average Bonchev–Trinajstić information content (AvgIpc) is 2.85. The second kappa shape index (κ2) is 6.19. The summed E-state index contributed by atoms with van der Waals surface area (Å²) < 4.78 is 7.16. The lowest BCUT2D eigenvalue weighted by Crippen LogP contribution is -2.27. The number of ether oxygens (including phenoxy) is 1. The standard InChI is InChI=1S/C16H20N4O2/c1-22-15-5-3-2-4-11(15)8-13-12-9-18-7-6-14(12)20(19-13)10-16(17)21/h2-5,18H,6-10H2,1H3,(H2,17,21). The van der Waals surface area contributed by atoms with Crippen molar-refractivity contribution < 1.29 is 9.53 Å². The topological polar surface area (TPSA) is 82.2 Å². The maximum Gasteiger partial charge on any atom is 0.239 e. The van der Waals surface area contributed by atoms with Crippen LogP contribution in [0.25, 0.3) is 0 Å². The Labute approximate surface area is 129 Å². The minimum atomic E-state index is -0.368. The summed E-state index contributed by atoms with van der Waals surface area (Å²) in [6, 6.07) is 7.92. The number of carbonyl (C=O) groups excluding carboxylic acids is 1. The van der Waals surface area contributed by atoms with Crippen molar-refractivity contribution in [3.05, 3.63) is 46.8 Å². The zero-order valence-corrected chi connectivity index (χ0v) is 12.6. The van der Waals surface area contributed by atoms with Gasteiger partial charge in [-0.15, -0.1) is 0 Å². The van der Waals surface area contributed by atoms with Gasteiger partial charge in [0.05, 0.1) is 12.8 Å². The van der Waals surface area contributed by atoms with Crippen LogP contribution in [0.4, 0.5) is 0 Å². The van der Waals surface area contributed by atoms with Crippen molar-refractivity contribution >= 4 is 5.91 Å². The Bertz CT molecular complexity index is 693. The Morgan fingerprint density at radius 2 is 2.27 bits per heavy atom. The van der Waals surface area contributed by atoms with E-state index in [0.29, 0.717) is 6.42 Å². The van der Waals surface area contributed by atoms with E-state index < -0.39 is 0 Å². The van der Waals surface area contributed by atoms with Crippen LogP contribution in [0.3, 0.4) is 0 Å². The number of hydrogen-bond donors (Lipinski definition) is 2.